The molecule has 12 heteroatoms. The first-order valence-corrected chi connectivity index (χ1v) is 11.3. The second-order valence-corrected chi connectivity index (χ2v) is 8.98. The highest BCUT2D eigenvalue weighted by Gasteiger charge is 2.13. The molecule has 154 valence electrons. The summed E-state index contributed by atoms with van der Waals surface area (Å²) in [5.74, 6) is 0.0895. The Labute approximate surface area is 175 Å². The highest BCUT2D eigenvalue weighted by Crippen LogP contribution is 2.22. The quantitative estimate of drug-likeness (QED) is 0.448. The van der Waals surface area contributed by atoms with E-state index in [1.807, 2.05) is 35.0 Å². The normalized spacial score (nSPS) is 11.4. The summed E-state index contributed by atoms with van der Waals surface area (Å²) in [4.78, 5) is 16.9. The number of imidazole rings is 1. The number of pyridine rings is 1. The van der Waals surface area contributed by atoms with E-state index in [0.717, 1.165) is 28.9 Å². The minimum Gasteiger partial charge on any atom is -0.487 e. The van der Waals surface area contributed by atoms with Crippen molar-refractivity contribution in [1.82, 2.24) is 19.6 Å². The minimum absolute atomic E-state index is 0.0670. The Morgan fingerprint density at radius 1 is 1.17 bits per heavy atom. The van der Waals surface area contributed by atoms with Crippen LogP contribution in [0.3, 0.4) is 0 Å². The second-order valence-electron chi connectivity index (χ2n) is 6.26. The van der Waals surface area contributed by atoms with Gasteiger partial charge in [0.25, 0.3) is 5.91 Å². The number of ether oxygens (including phenoxy) is 1. The number of rotatable bonds is 7. The van der Waals surface area contributed by atoms with Gasteiger partial charge in [-0.1, -0.05) is 23.5 Å². The van der Waals surface area contributed by atoms with Crippen LogP contribution in [-0.2, 0) is 16.6 Å². The van der Waals surface area contributed by atoms with E-state index in [2.05, 4.69) is 25.2 Å². The smallest absolute Gasteiger partial charge is 0.257 e. The van der Waals surface area contributed by atoms with E-state index in [9.17, 15) is 13.2 Å². The molecule has 3 aromatic heterocycles. The zero-order chi connectivity index (χ0) is 21.1. The van der Waals surface area contributed by atoms with E-state index >= 15 is 0 Å². The number of carbonyl (C=O) groups excluding carboxylic acids is 1. The fourth-order valence-corrected chi connectivity index (χ4v) is 4.05. The summed E-state index contributed by atoms with van der Waals surface area (Å²) in [5.41, 5.74) is 1.94. The molecule has 0 bridgehead atoms. The Kier molecular flexibility index (Phi) is 5.33. The molecule has 1 aromatic carbocycles. The van der Waals surface area contributed by atoms with Crippen molar-refractivity contribution in [2.45, 2.75) is 6.61 Å². The number of sulfonamides is 1. The van der Waals surface area contributed by atoms with Crippen molar-refractivity contribution in [1.29, 1.82) is 0 Å². The molecule has 0 radical (unpaired) electrons. The monoisotopic (exact) mass is 444 g/mol. The Balaban J connectivity index is 1.40. The van der Waals surface area contributed by atoms with Gasteiger partial charge >= 0.3 is 0 Å². The molecular formula is C18H16N6O4S2. The summed E-state index contributed by atoms with van der Waals surface area (Å²) >= 11 is 0.910. The lowest BCUT2D eigenvalue weighted by Crippen LogP contribution is -2.11. The zero-order valence-electron chi connectivity index (χ0n) is 15.6. The standard InChI is InChI=1S/C18H16N6O4S2/c1-30(26,27)23-18-22-21-17(29-18)20-16(25)12-5-4-6-14(9-12)28-11-13-10-24-8-3-2-7-15(24)19-13/h2-10H,11H2,1H3,(H,22,23)(H,20,21,25). The topological polar surface area (TPSA) is 128 Å². The lowest BCUT2D eigenvalue weighted by molar-refractivity contribution is 0.102. The lowest BCUT2D eigenvalue weighted by Gasteiger charge is -2.06. The molecule has 0 spiro atoms. The van der Waals surface area contributed by atoms with Gasteiger partial charge in [0.05, 0.1) is 11.9 Å². The third-order valence-electron chi connectivity index (χ3n) is 3.81. The maximum atomic E-state index is 12.5. The van der Waals surface area contributed by atoms with Crippen molar-refractivity contribution in [3.8, 4) is 5.75 Å². The van der Waals surface area contributed by atoms with Gasteiger partial charge in [0.1, 0.15) is 18.0 Å². The molecule has 4 aromatic rings. The van der Waals surface area contributed by atoms with Crippen LogP contribution in [0.5, 0.6) is 5.75 Å². The fourth-order valence-electron chi connectivity index (χ4n) is 2.58. The van der Waals surface area contributed by atoms with Gasteiger partial charge < -0.3 is 9.14 Å². The van der Waals surface area contributed by atoms with Gasteiger partial charge in [-0.05, 0) is 30.3 Å². The molecule has 3 heterocycles. The predicted molar refractivity (Wildman–Crippen MR) is 112 cm³/mol. The van der Waals surface area contributed by atoms with E-state index in [1.165, 1.54) is 0 Å². The summed E-state index contributed by atoms with van der Waals surface area (Å²) in [7, 11) is -3.47. The molecule has 0 fully saturated rings. The van der Waals surface area contributed by atoms with Crippen molar-refractivity contribution in [2.24, 2.45) is 0 Å². The van der Waals surface area contributed by atoms with Crippen molar-refractivity contribution in [3.05, 3.63) is 66.1 Å². The average molecular weight is 444 g/mol. The predicted octanol–water partition coefficient (Wildman–Crippen LogP) is 2.39. The van der Waals surface area contributed by atoms with Crippen LogP contribution in [-0.4, -0.2) is 40.2 Å². The number of benzene rings is 1. The highest BCUT2D eigenvalue weighted by atomic mass is 32.2. The van der Waals surface area contributed by atoms with Crippen LogP contribution < -0.4 is 14.8 Å². The number of nitrogens with one attached hydrogen (secondary N) is 2. The van der Waals surface area contributed by atoms with Gasteiger partial charge in [0, 0.05) is 18.0 Å². The van der Waals surface area contributed by atoms with Crippen LogP contribution >= 0.6 is 11.3 Å². The summed E-state index contributed by atoms with van der Waals surface area (Å²) < 4.78 is 32.3. The van der Waals surface area contributed by atoms with Gasteiger partial charge in [-0.25, -0.2) is 13.4 Å². The molecule has 0 unspecified atom stereocenters. The number of amides is 1. The fraction of sp³-hybridized carbons (Fsp3) is 0.111. The molecule has 0 aliphatic rings. The lowest BCUT2D eigenvalue weighted by atomic mass is 10.2. The molecule has 0 saturated heterocycles. The highest BCUT2D eigenvalue weighted by molar-refractivity contribution is 7.92. The van der Waals surface area contributed by atoms with E-state index in [1.54, 1.807) is 24.3 Å². The van der Waals surface area contributed by atoms with Gasteiger partial charge in [-0.3, -0.25) is 14.8 Å². The van der Waals surface area contributed by atoms with Crippen LogP contribution in [0.15, 0.2) is 54.9 Å². The number of hydrogen-bond acceptors (Lipinski definition) is 8. The largest absolute Gasteiger partial charge is 0.487 e. The second kappa shape index (κ2) is 8.08. The number of fused-ring (bicyclic) bond motifs is 1. The van der Waals surface area contributed by atoms with E-state index < -0.39 is 15.9 Å². The van der Waals surface area contributed by atoms with Gasteiger partial charge in [0.2, 0.25) is 20.3 Å². The summed E-state index contributed by atoms with van der Waals surface area (Å²) in [6.45, 7) is 0.254. The molecule has 0 saturated carbocycles. The van der Waals surface area contributed by atoms with Crippen molar-refractivity contribution < 1.29 is 17.9 Å². The summed E-state index contributed by atoms with van der Waals surface area (Å²) in [6, 6.07) is 12.4. The maximum absolute atomic E-state index is 12.5. The van der Waals surface area contributed by atoms with E-state index in [4.69, 9.17) is 4.74 Å². The maximum Gasteiger partial charge on any atom is 0.257 e. The van der Waals surface area contributed by atoms with E-state index in [0.29, 0.717) is 11.3 Å². The van der Waals surface area contributed by atoms with Gasteiger partial charge in [0.15, 0.2) is 0 Å². The SMILES string of the molecule is CS(=O)(=O)Nc1nnc(NC(=O)c2cccc(OCc3cn4ccccc4n3)c2)s1. The Hall–Kier alpha value is -3.51. The minimum atomic E-state index is -3.47. The first-order chi connectivity index (χ1) is 14.4. The first-order valence-electron chi connectivity index (χ1n) is 8.64. The zero-order valence-corrected chi connectivity index (χ0v) is 17.3. The molecule has 1 amide bonds. The van der Waals surface area contributed by atoms with Crippen LogP contribution in [0.1, 0.15) is 16.1 Å². The molecule has 2 N–H and O–H groups in total. The van der Waals surface area contributed by atoms with Gasteiger partial charge in [-0.2, -0.15) is 0 Å². The van der Waals surface area contributed by atoms with Crippen molar-refractivity contribution in [3.63, 3.8) is 0 Å². The van der Waals surface area contributed by atoms with E-state index in [-0.39, 0.29) is 16.9 Å². The molecule has 10 nitrogen and oxygen atoms in total. The molecular weight excluding hydrogens is 428 g/mol. The van der Waals surface area contributed by atoms with Crippen molar-refractivity contribution in [2.75, 3.05) is 16.3 Å². The number of anilines is 2. The third-order valence-corrected chi connectivity index (χ3v) is 5.26. The molecule has 0 aliphatic carbocycles. The Morgan fingerprint density at radius 3 is 2.80 bits per heavy atom. The number of carbonyl (C=O) groups is 1. The van der Waals surface area contributed by atoms with Crippen LogP contribution in [0.25, 0.3) is 5.65 Å². The molecule has 4 rings (SSSR count). The first kappa shape index (κ1) is 19.8. The van der Waals surface area contributed by atoms with Crippen LogP contribution in [0, 0.1) is 0 Å². The third kappa shape index (κ3) is 4.90. The van der Waals surface area contributed by atoms with Crippen molar-refractivity contribution >= 4 is 43.2 Å². The number of aromatic nitrogens is 4. The van der Waals surface area contributed by atoms with Gasteiger partial charge in [-0.15, -0.1) is 10.2 Å². The molecule has 0 atom stereocenters. The Morgan fingerprint density at radius 2 is 2.00 bits per heavy atom. The number of nitrogens with zero attached hydrogens (tertiary/aromatic N) is 4. The summed E-state index contributed by atoms with van der Waals surface area (Å²) in [5, 5.41) is 10.2. The average Bonchev–Trinajstić information content (AvgIpc) is 3.31. The summed E-state index contributed by atoms with van der Waals surface area (Å²) in [6.07, 6.45) is 4.79. The Bertz CT molecular complexity index is 1280. The molecule has 30 heavy (non-hydrogen) atoms. The van der Waals surface area contributed by atoms with Crippen LogP contribution in [0.2, 0.25) is 0 Å². The number of hydrogen-bond donors (Lipinski definition) is 2. The molecule has 0 aliphatic heterocycles. The van der Waals surface area contributed by atoms with Crippen LogP contribution in [0.4, 0.5) is 10.3 Å².